The second kappa shape index (κ2) is 10.1. The third-order valence-corrected chi connectivity index (χ3v) is 6.44. The minimum atomic E-state index is -0.290. The number of carbonyl (C=O) groups excluding carboxylic acids is 2. The quantitative estimate of drug-likeness (QED) is 0.779. The van der Waals surface area contributed by atoms with Crippen LogP contribution in [-0.4, -0.2) is 58.4 Å². The van der Waals surface area contributed by atoms with Gasteiger partial charge in [-0.25, -0.2) is 0 Å². The Labute approximate surface area is 166 Å². The normalized spacial score (nSPS) is 21.4. The van der Waals surface area contributed by atoms with Crippen molar-refractivity contribution in [3.05, 3.63) is 35.9 Å². The highest BCUT2D eigenvalue weighted by Crippen LogP contribution is 2.23. The largest absolute Gasteiger partial charge is 0.351 e. The number of nitrogens with one attached hydrogen (secondary N) is 1. The Balaban J connectivity index is 1.44. The van der Waals surface area contributed by atoms with E-state index in [0.717, 1.165) is 51.1 Å². The van der Waals surface area contributed by atoms with Gasteiger partial charge in [-0.1, -0.05) is 43.7 Å². The number of nitrogens with zero attached hydrogens (tertiary/aromatic N) is 2. The monoisotopic (exact) mass is 389 g/mol. The maximum atomic E-state index is 12.7. The number of piperidine rings is 1. The van der Waals surface area contributed by atoms with Crippen molar-refractivity contribution in [1.29, 1.82) is 0 Å². The first-order chi connectivity index (χ1) is 13.2. The molecule has 1 aromatic rings. The van der Waals surface area contributed by atoms with Crippen molar-refractivity contribution in [3.8, 4) is 0 Å². The molecule has 2 aliphatic rings. The van der Waals surface area contributed by atoms with Crippen molar-refractivity contribution in [1.82, 2.24) is 15.1 Å². The topological polar surface area (TPSA) is 52.7 Å². The van der Waals surface area contributed by atoms with Crippen LogP contribution in [0.3, 0.4) is 0 Å². The zero-order chi connectivity index (χ0) is 19.1. The molecule has 3 rings (SSSR count). The molecule has 6 heteroatoms. The number of amides is 2. The van der Waals surface area contributed by atoms with Crippen LogP contribution < -0.4 is 5.32 Å². The Morgan fingerprint density at radius 2 is 1.93 bits per heavy atom. The summed E-state index contributed by atoms with van der Waals surface area (Å²) in [5.41, 5.74) is 1.34. The van der Waals surface area contributed by atoms with Gasteiger partial charge in [-0.2, -0.15) is 0 Å². The van der Waals surface area contributed by atoms with E-state index in [1.165, 1.54) is 5.56 Å². The fourth-order valence-corrected chi connectivity index (χ4v) is 4.93. The van der Waals surface area contributed by atoms with E-state index in [9.17, 15) is 9.59 Å². The van der Waals surface area contributed by atoms with Crippen molar-refractivity contribution in [3.63, 3.8) is 0 Å². The molecule has 2 fully saturated rings. The van der Waals surface area contributed by atoms with Gasteiger partial charge >= 0.3 is 0 Å². The number of carbonyl (C=O) groups is 2. The SMILES string of the molecule is CCCCC(=O)N1CSCC1C(=O)NC1CCN(Cc2ccccc2)CC1. The van der Waals surface area contributed by atoms with Crippen LogP contribution in [0.2, 0.25) is 0 Å². The number of thioether (sulfide) groups is 1. The zero-order valence-electron chi connectivity index (χ0n) is 16.2. The van der Waals surface area contributed by atoms with Crippen LogP contribution in [0.5, 0.6) is 0 Å². The lowest BCUT2D eigenvalue weighted by Crippen LogP contribution is -2.52. The molecule has 1 N–H and O–H groups in total. The Hall–Kier alpha value is -1.53. The van der Waals surface area contributed by atoms with Crippen LogP contribution in [0.15, 0.2) is 30.3 Å². The maximum Gasteiger partial charge on any atom is 0.243 e. The fourth-order valence-electron chi connectivity index (χ4n) is 3.75. The molecule has 0 saturated carbocycles. The summed E-state index contributed by atoms with van der Waals surface area (Å²) in [6.45, 7) is 5.05. The van der Waals surface area contributed by atoms with Gasteiger partial charge in [-0.05, 0) is 24.8 Å². The molecule has 0 spiro atoms. The first-order valence-corrected chi connectivity index (χ1v) is 11.3. The molecular formula is C21H31N3O2S. The molecule has 0 bridgehead atoms. The van der Waals surface area contributed by atoms with Gasteiger partial charge in [0.15, 0.2) is 0 Å². The number of rotatable bonds is 7. The van der Waals surface area contributed by atoms with E-state index < -0.39 is 0 Å². The Morgan fingerprint density at radius 3 is 2.63 bits per heavy atom. The van der Waals surface area contributed by atoms with Crippen molar-refractivity contribution >= 4 is 23.6 Å². The van der Waals surface area contributed by atoms with Crippen molar-refractivity contribution < 1.29 is 9.59 Å². The molecule has 1 unspecified atom stereocenters. The molecule has 1 atom stereocenters. The van der Waals surface area contributed by atoms with Crippen molar-refractivity contribution in [2.45, 2.75) is 57.7 Å². The molecule has 2 saturated heterocycles. The van der Waals surface area contributed by atoms with Crippen LogP contribution in [0.4, 0.5) is 0 Å². The van der Waals surface area contributed by atoms with Crippen molar-refractivity contribution in [2.75, 3.05) is 24.7 Å². The Bertz CT molecular complexity index is 617. The van der Waals surface area contributed by atoms with Crippen LogP contribution in [0.25, 0.3) is 0 Å². The van der Waals surface area contributed by atoms with E-state index in [1.54, 1.807) is 16.7 Å². The standard InChI is InChI=1S/C21H31N3O2S/c1-2-3-9-20(25)24-16-27-15-19(24)21(26)22-18-10-12-23(13-11-18)14-17-7-5-4-6-8-17/h4-8,18-19H,2-3,9-16H2,1H3,(H,22,26). The predicted molar refractivity (Wildman–Crippen MR) is 110 cm³/mol. The fraction of sp³-hybridized carbons (Fsp3) is 0.619. The van der Waals surface area contributed by atoms with E-state index in [4.69, 9.17) is 0 Å². The van der Waals surface area contributed by atoms with Gasteiger partial charge < -0.3 is 10.2 Å². The Kier molecular flexibility index (Phi) is 7.59. The summed E-state index contributed by atoms with van der Waals surface area (Å²) in [4.78, 5) is 29.3. The van der Waals surface area contributed by atoms with Gasteiger partial charge in [0.1, 0.15) is 6.04 Å². The first kappa shape index (κ1) is 20.2. The van der Waals surface area contributed by atoms with Crippen molar-refractivity contribution in [2.24, 2.45) is 0 Å². The number of hydrogen-bond donors (Lipinski definition) is 1. The summed E-state index contributed by atoms with van der Waals surface area (Å²) in [7, 11) is 0. The van der Waals surface area contributed by atoms with Gasteiger partial charge in [-0.15, -0.1) is 11.8 Å². The van der Waals surface area contributed by atoms with Crippen LogP contribution in [-0.2, 0) is 16.1 Å². The third-order valence-electron chi connectivity index (χ3n) is 5.43. The maximum absolute atomic E-state index is 12.7. The summed E-state index contributed by atoms with van der Waals surface area (Å²) >= 11 is 1.68. The number of hydrogen-bond acceptors (Lipinski definition) is 4. The summed E-state index contributed by atoms with van der Waals surface area (Å²) in [6, 6.07) is 10.5. The lowest BCUT2D eigenvalue weighted by Gasteiger charge is -2.33. The summed E-state index contributed by atoms with van der Waals surface area (Å²) in [5.74, 6) is 1.53. The second-order valence-corrected chi connectivity index (χ2v) is 8.53. The molecule has 0 radical (unpaired) electrons. The van der Waals surface area contributed by atoms with Gasteiger partial charge in [0.05, 0.1) is 5.88 Å². The molecule has 27 heavy (non-hydrogen) atoms. The number of unbranched alkanes of at least 4 members (excludes halogenated alkanes) is 1. The highest BCUT2D eigenvalue weighted by Gasteiger charge is 2.35. The van der Waals surface area contributed by atoms with Gasteiger partial charge in [0, 0.05) is 37.8 Å². The Morgan fingerprint density at radius 1 is 1.19 bits per heavy atom. The molecule has 0 aliphatic carbocycles. The lowest BCUT2D eigenvalue weighted by atomic mass is 10.0. The molecule has 148 valence electrons. The highest BCUT2D eigenvalue weighted by molar-refractivity contribution is 7.99. The van der Waals surface area contributed by atoms with Crippen LogP contribution >= 0.6 is 11.8 Å². The van der Waals surface area contributed by atoms with Gasteiger partial charge in [-0.3, -0.25) is 14.5 Å². The number of likely N-dealkylation sites (tertiary alicyclic amines) is 1. The zero-order valence-corrected chi connectivity index (χ0v) is 17.0. The highest BCUT2D eigenvalue weighted by atomic mass is 32.2. The molecule has 1 aromatic carbocycles. The summed E-state index contributed by atoms with van der Waals surface area (Å²) in [5, 5.41) is 3.21. The molecule has 2 aliphatic heterocycles. The average molecular weight is 390 g/mol. The van der Waals surface area contributed by atoms with E-state index in [1.807, 2.05) is 6.07 Å². The molecule has 2 heterocycles. The van der Waals surface area contributed by atoms with E-state index >= 15 is 0 Å². The summed E-state index contributed by atoms with van der Waals surface area (Å²) < 4.78 is 0. The lowest BCUT2D eigenvalue weighted by molar-refractivity contribution is -0.138. The molecule has 2 amide bonds. The molecule has 0 aromatic heterocycles. The third kappa shape index (κ3) is 5.72. The predicted octanol–water partition coefficient (Wildman–Crippen LogP) is 2.86. The second-order valence-electron chi connectivity index (χ2n) is 7.53. The van der Waals surface area contributed by atoms with E-state index in [2.05, 4.69) is 41.4 Å². The van der Waals surface area contributed by atoms with E-state index in [-0.39, 0.29) is 23.9 Å². The molecular weight excluding hydrogens is 358 g/mol. The minimum absolute atomic E-state index is 0.0337. The minimum Gasteiger partial charge on any atom is -0.351 e. The average Bonchev–Trinajstić information content (AvgIpc) is 3.18. The number of benzene rings is 1. The van der Waals surface area contributed by atoms with Gasteiger partial charge in [0.2, 0.25) is 11.8 Å². The molecule has 5 nitrogen and oxygen atoms in total. The first-order valence-electron chi connectivity index (χ1n) is 10.1. The summed E-state index contributed by atoms with van der Waals surface area (Å²) in [6.07, 6.45) is 4.41. The van der Waals surface area contributed by atoms with Crippen LogP contribution in [0, 0.1) is 0 Å². The smallest absolute Gasteiger partial charge is 0.243 e. The van der Waals surface area contributed by atoms with Crippen LogP contribution in [0.1, 0.15) is 44.6 Å². The van der Waals surface area contributed by atoms with E-state index in [0.29, 0.717) is 12.3 Å². The van der Waals surface area contributed by atoms with Gasteiger partial charge in [0.25, 0.3) is 0 Å².